The molecular formula is C20H20N2O. The summed E-state index contributed by atoms with van der Waals surface area (Å²) < 4.78 is 0. The Labute approximate surface area is 136 Å². The van der Waals surface area contributed by atoms with Crippen LogP contribution >= 0.6 is 0 Å². The van der Waals surface area contributed by atoms with Gasteiger partial charge in [-0.05, 0) is 30.2 Å². The zero-order chi connectivity index (χ0) is 16.2. The fraction of sp³-hybridized carbons (Fsp3) is 0.200. The van der Waals surface area contributed by atoms with E-state index in [-0.39, 0.29) is 11.9 Å². The lowest BCUT2D eigenvalue weighted by atomic mass is 10.0. The Balaban J connectivity index is 1.95. The third-order valence-electron chi connectivity index (χ3n) is 4.23. The van der Waals surface area contributed by atoms with Crippen LogP contribution in [0.4, 0.5) is 0 Å². The van der Waals surface area contributed by atoms with E-state index in [1.807, 2.05) is 53.6 Å². The highest BCUT2D eigenvalue weighted by Crippen LogP contribution is 2.25. The molecule has 3 aromatic rings. The molecule has 3 rings (SSSR count). The van der Waals surface area contributed by atoms with Crippen LogP contribution in [0.3, 0.4) is 0 Å². The van der Waals surface area contributed by atoms with Gasteiger partial charge in [0.05, 0.1) is 11.6 Å². The van der Waals surface area contributed by atoms with Crippen LogP contribution in [0.5, 0.6) is 0 Å². The van der Waals surface area contributed by atoms with Gasteiger partial charge in [-0.2, -0.15) is 0 Å². The summed E-state index contributed by atoms with van der Waals surface area (Å²) in [6, 6.07) is 20.2. The molecule has 1 atom stereocenters. The van der Waals surface area contributed by atoms with Gasteiger partial charge in [-0.15, -0.1) is 0 Å². The number of para-hydroxylation sites is 1. The van der Waals surface area contributed by atoms with Crippen molar-refractivity contribution in [2.45, 2.75) is 26.4 Å². The summed E-state index contributed by atoms with van der Waals surface area (Å²) in [7, 11) is 0. The standard InChI is InChI=1S/C20H20N2O/c1-15(17-8-4-3-5-9-17)22(16(2)23)14-18-12-13-21-20-11-7-6-10-19(18)20/h3-13,15H,14H2,1-2H3/t15-/m0/s1. The van der Waals surface area contributed by atoms with Crippen LogP contribution in [-0.2, 0) is 11.3 Å². The van der Waals surface area contributed by atoms with E-state index in [2.05, 4.69) is 30.1 Å². The molecule has 0 saturated carbocycles. The Hall–Kier alpha value is -2.68. The van der Waals surface area contributed by atoms with Gasteiger partial charge in [0.25, 0.3) is 0 Å². The molecular weight excluding hydrogens is 284 g/mol. The molecule has 0 unspecified atom stereocenters. The summed E-state index contributed by atoms with van der Waals surface area (Å²) in [4.78, 5) is 18.5. The van der Waals surface area contributed by atoms with E-state index >= 15 is 0 Å². The molecule has 0 aliphatic carbocycles. The van der Waals surface area contributed by atoms with Crippen LogP contribution in [0.15, 0.2) is 66.9 Å². The maximum absolute atomic E-state index is 12.2. The quantitative estimate of drug-likeness (QED) is 0.718. The Morgan fingerprint density at radius 1 is 1.04 bits per heavy atom. The van der Waals surface area contributed by atoms with Crippen LogP contribution in [0.25, 0.3) is 10.9 Å². The summed E-state index contributed by atoms with van der Waals surface area (Å²) in [6.07, 6.45) is 1.81. The number of carbonyl (C=O) groups is 1. The number of rotatable bonds is 4. The van der Waals surface area contributed by atoms with E-state index in [4.69, 9.17) is 0 Å². The van der Waals surface area contributed by atoms with Crippen molar-refractivity contribution in [3.63, 3.8) is 0 Å². The first kappa shape index (κ1) is 15.2. The lowest BCUT2D eigenvalue weighted by molar-refractivity contribution is -0.131. The first-order valence-electron chi connectivity index (χ1n) is 7.81. The van der Waals surface area contributed by atoms with Crippen LogP contribution in [0, 0.1) is 0 Å². The highest BCUT2D eigenvalue weighted by Gasteiger charge is 2.19. The number of pyridine rings is 1. The molecule has 1 aromatic heterocycles. The first-order valence-corrected chi connectivity index (χ1v) is 7.81. The number of nitrogens with zero attached hydrogens (tertiary/aromatic N) is 2. The predicted octanol–water partition coefficient (Wildman–Crippen LogP) is 4.34. The highest BCUT2D eigenvalue weighted by atomic mass is 16.2. The number of fused-ring (bicyclic) bond motifs is 1. The van der Waals surface area contributed by atoms with Gasteiger partial charge in [-0.1, -0.05) is 48.5 Å². The van der Waals surface area contributed by atoms with Crippen LogP contribution < -0.4 is 0 Å². The Kier molecular flexibility index (Phi) is 4.38. The number of aromatic nitrogens is 1. The average molecular weight is 304 g/mol. The fourth-order valence-corrected chi connectivity index (χ4v) is 2.91. The van der Waals surface area contributed by atoms with Crippen molar-refractivity contribution in [3.8, 4) is 0 Å². The molecule has 0 N–H and O–H groups in total. The van der Waals surface area contributed by atoms with Gasteiger partial charge in [-0.25, -0.2) is 0 Å². The minimum Gasteiger partial charge on any atom is -0.332 e. The van der Waals surface area contributed by atoms with Crippen molar-refractivity contribution in [3.05, 3.63) is 78.0 Å². The van der Waals surface area contributed by atoms with Crippen LogP contribution in [0.2, 0.25) is 0 Å². The maximum Gasteiger partial charge on any atom is 0.220 e. The van der Waals surface area contributed by atoms with Crippen molar-refractivity contribution in [1.29, 1.82) is 0 Å². The molecule has 3 nitrogen and oxygen atoms in total. The highest BCUT2D eigenvalue weighted by molar-refractivity contribution is 5.82. The minimum atomic E-state index is 0.0284. The molecule has 116 valence electrons. The van der Waals surface area contributed by atoms with Crippen LogP contribution in [0.1, 0.15) is 31.0 Å². The first-order chi connectivity index (χ1) is 11.2. The van der Waals surface area contributed by atoms with Gasteiger partial charge in [-0.3, -0.25) is 9.78 Å². The molecule has 0 fully saturated rings. The normalized spacial score (nSPS) is 12.1. The second kappa shape index (κ2) is 6.61. The molecule has 1 amide bonds. The molecule has 0 bridgehead atoms. The molecule has 0 aliphatic rings. The third kappa shape index (κ3) is 3.24. The largest absolute Gasteiger partial charge is 0.332 e. The van der Waals surface area contributed by atoms with Gasteiger partial charge < -0.3 is 4.90 Å². The predicted molar refractivity (Wildman–Crippen MR) is 92.8 cm³/mol. The summed E-state index contributed by atoms with van der Waals surface area (Å²) >= 11 is 0. The Morgan fingerprint density at radius 3 is 2.48 bits per heavy atom. The van der Waals surface area contributed by atoms with Crippen LogP contribution in [-0.4, -0.2) is 15.8 Å². The number of hydrogen-bond acceptors (Lipinski definition) is 2. The summed E-state index contributed by atoms with van der Waals surface area (Å²) in [5.41, 5.74) is 3.22. The fourth-order valence-electron chi connectivity index (χ4n) is 2.91. The second-order valence-electron chi connectivity index (χ2n) is 5.72. The van der Waals surface area contributed by atoms with E-state index in [9.17, 15) is 4.79 Å². The molecule has 0 radical (unpaired) electrons. The van der Waals surface area contributed by atoms with Gasteiger partial charge in [0.2, 0.25) is 5.91 Å². The van der Waals surface area contributed by atoms with E-state index in [0.29, 0.717) is 6.54 Å². The maximum atomic E-state index is 12.2. The molecule has 1 heterocycles. The number of carbonyl (C=O) groups excluding carboxylic acids is 1. The summed E-state index contributed by atoms with van der Waals surface area (Å²) in [6.45, 7) is 4.28. The van der Waals surface area contributed by atoms with Gasteiger partial charge in [0.15, 0.2) is 0 Å². The molecule has 3 heteroatoms. The lowest BCUT2D eigenvalue weighted by Crippen LogP contribution is -2.31. The summed E-state index contributed by atoms with van der Waals surface area (Å²) in [5, 5.41) is 1.10. The smallest absolute Gasteiger partial charge is 0.220 e. The topological polar surface area (TPSA) is 33.2 Å². The van der Waals surface area contributed by atoms with Crippen molar-refractivity contribution in [2.75, 3.05) is 0 Å². The molecule has 23 heavy (non-hydrogen) atoms. The number of benzene rings is 2. The van der Waals surface area contributed by atoms with Gasteiger partial charge >= 0.3 is 0 Å². The SMILES string of the molecule is CC(=O)N(Cc1ccnc2ccccc12)[C@@H](C)c1ccccc1. The Bertz CT molecular complexity index is 809. The second-order valence-corrected chi connectivity index (χ2v) is 5.72. The molecule has 0 saturated heterocycles. The Morgan fingerprint density at radius 2 is 1.74 bits per heavy atom. The average Bonchev–Trinajstić information content (AvgIpc) is 2.59. The molecule has 0 spiro atoms. The van der Waals surface area contributed by atoms with Crippen molar-refractivity contribution < 1.29 is 4.79 Å². The zero-order valence-corrected chi connectivity index (χ0v) is 13.4. The lowest BCUT2D eigenvalue weighted by Gasteiger charge is -2.29. The monoisotopic (exact) mass is 304 g/mol. The third-order valence-corrected chi connectivity index (χ3v) is 4.23. The molecule has 2 aromatic carbocycles. The number of hydrogen-bond donors (Lipinski definition) is 0. The molecule has 0 aliphatic heterocycles. The van der Waals surface area contributed by atoms with E-state index < -0.39 is 0 Å². The number of amides is 1. The van der Waals surface area contributed by atoms with E-state index in [1.54, 1.807) is 6.92 Å². The van der Waals surface area contributed by atoms with Crippen molar-refractivity contribution >= 4 is 16.8 Å². The van der Waals surface area contributed by atoms with Gasteiger partial charge in [0, 0.05) is 25.1 Å². The minimum absolute atomic E-state index is 0.0284. The summed E-state index contributed by atoms with van der Waals surface area (Å²) in [5.74, 6) is 0.0715. The van der Waals surface area contributed by atoms with E-state index in [1.165, 1.54) is 0 Å². The zero-order valence-electron chi connectivity index (χ0n) is 13.4. The van der Waals surface area contributed by atoms with Crippen molar-refractivity contribution in [1.82, 2.24) is 9.88 Å². The van der Waals surface area contributed by atoms with E-state index in [0.717, 1.165) is 22.0 Å². The van der Waals surface area contributed by atoms with Gasteiger partial charge in [0.1, 0.15) is 0 Å². The van der Waals surface area contributed by atoms with Crippen molar-refractivity contribution in [2.24, 2.45) is 0 Å².